The molecule has 0 bridgehead atoms. The molecular formula is C15H21NO4. The molecule has 0 unspecified atom stereocenters. The molecule has 0 saturated heterocycles. The molecule has 1 aromatic carbocycles. The number of benzene rings is 1. The lowest BCUT2D eigenvalue weighted by Gasteiger charge is -2.14. The maximum absolute atomic E-state index is 12.2. The molecule has 0 amide bonds. The van der Waals surface area contributed by atoms with Gasteiger partial charge in [0, 0.05) is 31.4 Å². The Morgan fingerprint density at radius 2 is 1.55 bits per heavy atom. The molecule has 110 valence electrons. The van der Waals surface area contributed by atoms with Gasteiger partial charge in [-0.15, -0.1) is 0 Å². The Balaban J connectivity index is 3.26. The van der Waals surface area contributed by atoms with E-state index in [0.29, 0.717) is 22.8 Å². The van der Waals surface area contributed by atoms with Gasteiger partial charge in [0.1, 0.15) is 0 Å². The zero-order valence-corrected chi connectivity index (χ0v) is 12.8. The van der Waals surface area contributed by atoms with Crippen LogP contribution in [0, 0.1) is 0 Å². The molecule has 5 heteroatoms. The third-order valence-electron chi connectivity index (χ3n) is 2.99. The van der Waals surface area contributed by atoms with Gasteiger partial charge in [0.05, 0.1) is 21.3 Å². The van der Waals surface area contributed by atoms with E-state index in [0.717, 1.165) is 5.70 Å². The number of nitrogens with zero attached hydrogens (tertiary/aromatic N) is 1. The predicted octanol–water partition coefficient (Wildman–Crippen LogP) is 2.36. The van der Waals surface area contributed by atoms with Crippen LogP contribution < -0.4 is 14.2 Å². The van der Waals surface area contributed by atoms with Crippen LogP contribution in [-0.4, -0.2) is 46.1 Å². The van der Waals surface area contributed by atoms with E-state index in [2.05, 4.69) is 0 Å². The minimum absolute atomic E-state index is 0.115. The van der Waals surface area contributed by atoms with Gasteiger partial charge in [0.25, 0.3) is 0 Å². The summed E-state index contributed by atoms with van der Waals surface area (Å²) < 4.78 is 15.7. The molecule has 1 rings (SSSR count). The summed E-state index contributed by atoms with van der Waals surface area (Å²) in [5.41, 5.74) is 1.35. The average Bonchev–Trinajstić information content (AvgIpc) is 2.45. The van der Waals surface area contributed by atoms with Crippen LogP contribution in [0.25, 0.3) is 0 Å². The number of rotatable bonds is 6. The van der Waals surface area contributed by atoms with Crippen molar-refractivity contribution >= 4 is 5.78 Å². The molecular weight excluding hydrogens is 258 g/mol. The second-order valence-corrected chi connectivity index (χ2v) is 4.46. The largest absolute Gasteiger partial charge is 0.493 e. The molecule has 0 aliphatic carbocycles. The van der Waals surface area contributed by atoms with E-state index < -0.39 is 0 Å². The monoisotopic (exact) mass is 279 g/mol. The van der Waals surface area contributed by atoms with E-state index in [1.54, 1.807) is 18.2 Å². The van der Waals surface area contributed by atoms with Gasteiger partial charge in [0.15, 0.2) is 17.3 Å². The number of carbonyl (C=O) groups excluding carboxylic acids is 1. The van der Waals surface area contributed by atoms with Gasteiger partial charge in [-0.05, 0) is 19.1 Å². The Labute approximate surface area is 119 Å². The first-order valence-electron chi connectivity index (χ1n) is 6.14. The highest BCUT2D eigenvalue weighted by Gasteiger charge is 2.16. The molecule has 0 N–H and O–H groups in total. The maximum atomic E-state index is 12.2. The van der Waals surface area contributed by atoms with Crippen LogP contribution >= 0.6 is 0 Å². The molecule has 0 radical (unpaired) electrons. The van der Waals surface area contributed by atoms with E-state index in [4.69, 9.17) is 14.2 Å². The van der Waals surface area contributed by atoms with E-state index in [1.165, 1.54) is 21.3 Å². The Morgan fingerprint density at radius 3 is 1.90 bits per heavy atom. The minimum Gasteiger partial charge on any atom is -0.493 e. The fraction of sp³-hybridized carbons (Fsp3) is 0.400. The first-order chi connectivity index (χ1) is 9.44. The van der Waals surface area contributed by atoms with Crippen molar-refractivity contribution < 1.29 is 19.0 Å². The van der Waals surface area contributed by atoms with Gasteiger partial charge in [-0.3, -0.25) is 4.79 Å². The molecule has 0 aliphatic rings. The van der Waals surface area contributed by atoms with Crippen LogP contribution in [-0.2, 0) is 0 Å². The van der Waals surface area contributed by atoms with Crippen molar-refractivity contribution in [2.24, 2.45) is 0 Å². The van der Waals surface area contributed by atoms with Gasteiger partial charge in [0.2, 0.25) is 5.75 Å². The van der Waals surface area contributed by atoms with Crippen molar-refractivity contribution in [3.8, 4) is 17.2 Å². The summed E-state index contributed by atoms with van der Waals surface area (Å²) in [6.45, 7) is 1.87. The third kappa shape index (κ3) is 3.44. The van der Waals surface area contributed by atoms with Gasteiger partial charge in [-0.1, -0.05) is 0 Å². The van der Waals surface area contributed by atoms with Crippen molar-refractivity contribution in [1.82, 2.24) is 4.90 Å². The minimum atomic E-state index is -0.115. The zero-order chi connectivity index (χ0) is 15.3. The Bertz CT molecular complexity index is 496. The lowest BCUT2D eigenvalue weighted by Crippen LogP contribution is -2.10. The molecule has 0 heterocycles. The highest BCUT2D eigenvalue weighted by Crippen LogP contribution is 2.38. The lowest BCUT2D eigenvalue weighted by molar-refractivity contribution is 0.104. The molecule has 20 heavy (non-hydrogen) atoms. The number of ether oxygens (including phenoxy) is 3. The van der Waals surface area contributed by atoms with Crippen molar-refractivity contribution in [2.45, 2.75) is 6.92 Å². The van der Waals surface area contributed by atoms with Crippen LogP contribution in [0.3, 0.4) is 0 Å². The number of hydrogen-bond donors (Lipinski definition) is 0. The molecule has 0 saturated carbocycles. The van der Waals surface area contributed by atoms with E-state index in [1.807, 2.05) is 25.9 Å². The Kier molecular flexibility index (Phi) is 5.43. The molecule has 5 nitrogen and oxygen atoms in total. The van der Waals surface area contributed by atoms with Gasteiger partial charge in [-0.2, -0.15) is 0 Å². The Morgan fingerprint density at radius 1 is 1.05 bits per heavy atom. The van der Waals surface area contributed by atoms with Gasteiger partial charge in [-0.25, -0.2) is 0 Å². The van der Waals surface area contributed by atoms with Crippen molar-refractivity contribution in [2.75, 3.05) is 35.4 Å². The van der Waals surface area contributed by atoms with E-state index in [9.17, 15) is 4.79 Å². The maximum Gasteiger partial charge on any atom is 0.203 e. The average molecular weight is 279 g/mol. The number of allylic oxidation sites excluding steroid dienone is 2. The first kappa shape index (κ1) is 15.9. The second kappa shape index (κ2) is 6.84. The summed E-state index contributed by atoms with van der Waals surface area (Å²) in [4.78, 5) is 14.1. The molecule has 0 fully saturated rings. The molecule has 0 atom stereocenters. The van der Waals surface area contributed by atoms with E-state index in [-0.39, 0.29) is 5.78 Å². The summed E-state index contributed by atoms with van der Waals surface area (Å²) in [6.07, 6.45) is 1.57. The smallest absolute Gasteiger partial charge is 0.203 e. The lowest BCUT2D eigenvalue weighted by atomic mass is 10.1. The second-order valence-electron chi connectivity index (χ2n) is 4.46. The van der Waals surface area contributed by atoms with Crippen LogP contribution in [0.5, 0.6) is 17.2 Å². The zero-order valence-electron chi connectivity index (χ0n) is 12.8. The standard InChI is InChI=1S/C15H21NO4/c1-10(16(2)3)7-12(17)11-8-13(18-4)15(20-6)14(9-11)19-5/h7-9H,1-6H3. The highest BCUT2D eigenvalue weighted by molar-refractivity contribution is 6.05. The highest BCUT2D eigenvalue weighted by atomic mass is 16.5. The van der Waals surface area contributed by atoms with Crippen molar-refractivity contribution in [3.63, 3.8) is 0 Å². The SMILES string of the molecule is COc1cc(C(=O)C=C(C)N(C)C)cc(OC)c1OC. The predicted molar refractivity (Wildman–Crippen MR) is 77.9 cm³/mol. The summed E-state index contributed by atoms with van der Waals surface area (Å²) in [7, 11) is 8.33. The number of ketones is 1. The number of methoxy groups -OCH3 is 3. The van der Waals surface area contributed by atoms with Crippen molar-refractivity contribution in [1.29, 1.82) is 0 Å². The molecule has 1 aromatic rings. The number of hydrogen-bond acceptors (Lipinski definition) is 5. The molecule has 0 spiro atoms. The van der Waals surface area contributed by atoms with Crippen LogP contribution in [0.4, 0.5) is 0 Å². The summed E-state index contributed by atoms with van der Waals surface area (Å²) in [6, 6.07) is 3.28. The third-order valence-corrected chi connectivity index (χ3v) is 2.99. The normalized spacial score (nSPS) is 11.0. The fourth-order valence-electron chi connectivity index (χ4n) is 1.63. The summed E-state index contributed by atoms with van der Waals surface area (Å²) >= 11 is 0. The van der Waals surface area contributed by atoms with E-state index >= 15 is 0 Å². The van der Waals surface area contributed by atoms with Crippen LogP contribution in [0.1, 0.15) is 17.3 Å². The van der Waals surface area contributed by atoms with Gasteiger partial charge < -0.3 is 19.1 Å². The molecule has 0 aliphatic heterocycles. The Hall–Kier alpha value is -2.17. The topological polar surface area (TPSA) is 48.0 Å². The molecule has 0 aromatic heterocycles. The van der Waals surface area contributed by atoms with Gasteiger partial charge >= 0.3 is 0 Å². The number of carbonyl (C=O) groups is 1. The quantitative estimate of drug-likeness (QED) is 0.591. The fourth-order valence-corrected chi connectivity index (χ4v) is 1.63. The first-order valence-corrected chi connectivity index (χ1v) is 6.14. The summed E-state index contributed by atoms with van der Waals surface area (Å²) in [5.74, 6) is 1.28. The van der Waals surface area contributed by atoms with Crippen LogP contribution in [0.2, 0.25) is 0 Å². The van der Waals surface area contributed by atoms with Crippen molar-refractivity contribution in [3.05, 3.63) is 29.5 Å². The van der Waals surface area contributed by atoms with Crippen LogP contribution in [0.15, 0.2) is 23.9 Å². The summed E-state index contributed by atoms with van der Waals surface area (Å²) in [5, 5.41) is 0.